The van der Waals surface area contributed by atoms with Gasteiger partial charge in [0.25, 0.3) is 5.91 Å². The molecule has 6 heteroatoms. The average Bonchev–Trinajstić information content (AvgIpc) is 2.74. The molecule has 2 rings (SSSR count). The molecule has 1 aromatic rings. The Morgan fingerprint density at radius 1 is 1.42 bits per heavy atom. The van der Waals surface area contributed by atoms with Crippen LogP contribution in [0.1, 0.15) is 22.3 Å². The van der Waals surface area contributed by atoms with Crippen molar-refractivity contribution in [3.05, 3.63) is 33.8 Å². The molecule has 0 spiro atoms. The van der Waals surface area contributed by atoms with Crippen molar-refractivity contribution in [1.29, 1.82) is 0 Å². The first-order valence-electron chi connectivity index (χ1n) is 5.88. The summed E-state index contributed by atoms with van der Waals surface area (Å²) in [7, 11) is 0. The number of carboxylic acid groups (broad SMARTS) is 1. The van der Waals surface area contributed by atoms with Crippen LogP contribution in [0.3, 0.4) is 0 Å². The van der Waals surface area contributed by atoms with Gasteiger partial charge in [0, 0.05) is 23.0 Å². The van der Waals surface area contributed by atoms with Crippen LogP contribution >= 0.6 is 15.9 Å². The van der Waals surface area contributed by atoms with E-state index >= 15 is 0 Å². The third kappa shape index (κ3) is 2.64. The highest BCUT2D eigenvalue weighted by molar-refractivity contribution is 9.10. The summed E-state index contributed by atoms with van der Waals surface area (Å²) < 4.78 is 0.796. The molecule has 1 aliphatic rings. The standard InChI is InChI=1S/C13H14BrNO4/c1-7-9(3-2-4-10(7)14)12(17)15-6-8(16)5-11(15)13(18)19/h2-4,8,11,16H,5-6H2,1H3,(H,18,19)/t8?,11-/m0/s1. The van der Waals surface area contributed by atoms with Crippen molar-refractivity contribution in [3.63, 3.8) is 0 Å². The first-order valence-corrected chi connectivity index (χ1v) is 6.68. The fraction of sp³-hybridized carbons (Fsp3) is 0.385. The van der Waals surface area contributed by atoms with Crippen molar-refractivity contribution in [2.45, 2.75) is 25.5 Å². The number of likely N-dealkylation sites (tertiary alicyclic amines) is 1. The number of aliphatic hydroxyl groups excluding tert-OH is 1. The van der Waals surface area contributed by atoms with E-state index in [2.05, 4.69) is 15.9 Å². The minimum absolute atomic E-state index is 0.0573. The van der Waals surface area contributed by atoms with E-state index < -0.39 is 18.1 Å². The van der Waals surface area contributed by atoms with Gasteiger partial charge in [0.15, 0.2) is 0 Å². The summed E-state index contributed by atoms with van der Waals surface area (Å²) in [6.45, 7) is 1.85. The largest absolute Gasteiger partial charge is 0.480 e. The van der Waals surface area contributed by atoms with E-state index in [1.54, 1.807) is 19.1 Å². The van der Waals surface area contributed by atoms with E-state index in [1.165, 1.54) is 4.90 Å². The molecule has 1 heterocycles. The number of carboxylic acids is 1. The quantitative estimate of drug-likeness (QED) is 0.861. The summed E-state index contributed by atoms with van der Waals surface area (Å²) in [6, 6.07) is 4.25. The van der Waals surface area contributed by atoms with Gasteiger partial charge in [-0.3, -0.25) is 4.79 Å². The molecule has 0 saturated carbocycles. The number of nitrogens with zero attached hydrogens (tertiary/aromatic N) is 1. The van der Waals surface area contributed by atoms with E-state index in [1.807, 2.05) is 6.07 Å². The SMILES string of the molecule is Cc1c(Br)cccc1C(=O)N1CC(O)C[C@H]1C(=O)O. The Bertz CT molecular complexity index is 531. The lowest BCUT2D eigenvalue weighted by Gasteiger charge is -2.22. The molecule has 1 aliphatic heterocycles. The number of hydrogen-bond donors (Lipinski definition) is 2. The third-order valence-electron chi connectivity index (χ3n) is 3.32. The lowest BCUT2D eigenvalue weighted by molar-refractivity contribution is -0.141. The normalized spacial score (nSPS) is 22.6. The van der Waals surface area contributed by atoms with Gasteiger partial charge in [0.1, 0.15) is 6.04 Å². The zero-order valence-electron chi connectivity index (χ0n) is 10.3. The minimum Gasteiger partial charge on any atom is -0.480 e. The maximum absolute atomic E-state index is 12.4. The Balaban J connectivity index is 2.33. The second kappa shape index (κ2) is 5.30. The Hall–Kier alpha value is -1.40. The first-order chi connectivity index (χ1) is 8.91. The van der Waals surface area contributed by atoms with Crippen molar-refractivity contribution >= 4 is 27.8 Å². The minimum atomic E-state index is -1.09. The molecule has 19 heavy (non-hydrogen) atoms. The van der Waals surface area contributed by atoms with Crippen molar-refractivity contribution in [1.82, 2.24) is 4.90 Å². The van der Waals surface area contributed by atoms with Crippen LogP contribution in [0.15, 0.2) is 22.7 Å². The van der Waals surface area contributed by atoms with E-state index in [0.717, 1.165) is 10.0 Å². The zero-order chi connectivity index (χ0) is 14.2. The molecule has 1 aromatic carbocycles. The lowest BCUT2D eigenvalue weighted by atomic mass is 10.1. The fourth-order valence-electron chi connectivity index (χ4n) is 2.27. The number of amides is 1. The highest BCUT2D eigenvalue weighted by Gasteiger charge is 2.39. The summed E-state index contributed by atoms with van der Waals surface area (Å²) in [5.74, 6) is -1.44. The summed E-state index contributed by atoms with van der Waals surface area (Å²) in [5.41, 5.74) is 1.22. The predicted molar refractivity (Wildman–Crippen MR) is 72.0 cm³/mol. The maximum Gasteiger partial charge on any atom is 0.326 e. The number of rotatable bonds is 2. The van der Waals surface area contributed by atoms with Crippen molar-refractivity contribution in [2.24, 2.45) is 0 Å². The number of benzene rings is 1. The second-order valence-electron chi connectivity index (χ2n) is 4.61. The van der Waals surface area contributed by atoms with Gasteiger partial charge in [0.05, 0.1) is 6.10 Å². The molecule has 0 aromatic heterocycles. The molecule has 1 saturated heterocycles. The van der Waals surface area contributed by atoms with Gasteiger partial charge in [0.2, 0.25) is 0 Å². The van der Waals surface area contributed by atoms with Crippen molar-refractivity contribution in [3.8, 4) is 0 Å². The van der Waals surface area contributed by atoms with Crippen LogP contribution in [0.4, 0.5) is 0 Å². The van der Waals surface area contributed by atoms with Gasteiger partial charge in [-0.15, -0.1) is 0 Å². The van der Waals surface area contributed by atoms with Crippen LogP contribution in [0.2, 0.25) is 0 Å². The highest BCUT2D eigenvalue weighted by atomic mass is 79.9. The molecule has 0 radical (unpaired) electrons. The first kappa shape index (κ1) is 14.0. The van der Waals surface area contributed by atoms with Gasteiger partial charge in [-0.1, -0.05) is 22.0 Å². The van der Waals surface area contributed by atoms with E-state index in [9.17, 15) is 14.7 Å². The Labute approximate surface area is 119 Å². The molecule has 1 amide bonds. The lowest BCUT2D eigenvalue weighted by Crippen LogP contribution is -2.40. The second-order valence-corrected chi connectivity index (χ2v) is 5.47. The highest BCUT2D eigenvalue weighted by Crippen LogP contribution is 2.25. The maximum atomic E-state index is 12.4. The number of hydrogen-bond acceptors (Lipinski definition) is 3. The average molecular weight is 328 g/mol. The van der Waals surface area contributed by atoms with Crippen LogP contribution in [-0.2, 0) is 4.79 Å². The monoisotopic (exact) mass is 327 g/mol. The van der Waals surface area contributed by atoms with Gasteiger partial charge in [-0.05, 0) is 24.6 Å². The molecule has 0 aliphatic carbocycles. The Morgan fingerprint density at radius 2 is 2.11 bits per heavy atom. The summed E-state index contributed by atoms with van der Waals surface area (Å²) >= 11 is 3.34. The van der Waals surface area contributed by atoms with Gasteiger partial charge in [-0.25, -0.2) is 4.79 Å². The zero-order valence-corrected chi connectivity index (χ0v) is 11.9. The van der Waals surface area contributed by atoms with Crippen LogP contribution in [0.5, 0.6) is 0 Å². The number of β-amino-alcohol motifs (C(OH)–C–C–N with tert-alkyl or cyclic N) is 1. The number of aliphatic carboxylic acids is 1. The molecule has 0 bridgehead atoms. The Kier molecular flexibility index (Phi) is 3.91. The molecule has 1 fully saturated rings. The topological polar surface area (TPSA) is 77.8 Å². The number of carbonyl (C=O) groups excluding carboxylic acids is 1. The van der Waals surface area contributed by atoms with Gasteiger partial charge < -0.3 is 15.1 Å². The number of carbonyl (C=O) groups is 2. The van der Waals surface area contributed by atoms with Crippen LogP contribution in [0.25, 0.3) is 0 Å². The molecular formula is C13H14BrNO4. The van der Waals surface area contributed by atoms with E-state index in [0.29, 0.717) is 5.56 Å². The molecule has 102 valence electrons. The van der Waals surface area contributed by atoms with Crippen molar-refractivity contribution < 1.29 is 19.8 Å². The van der Waals surface area contributed by atoms with Crippen molar-refractivity contribution in [2.75, 3.05) is 6.54 Å². The number of halogens is 1. The van der Waals surface area contributed by atoms with Crippen LogP contribution in [-0.4, -0.2) is 45.7 Å². The predicted octanol–water partition coefficient (Wildman–Crippen LogP) is 1.42. The molecular weight excluding hydrogens is 314 g/mol. The molecule has 2 N–H and O–H groups in total. The van der Waals surface area contributed by atoms with E-state index in [4.69, 9.17) is 5.11 Å². The van der Waals surface area contributed by atoms with E-state index in [-0.39, 0.29) is 18.9 Å². The van der Waals surface area contributed by atoms with Gasteiger partial charge >= 0.3 is 5.97 Å². The summed E-state index contributed by atoms with van der Waals surface area (Å²) in [4.78, 5) is 24.8. The van der Waals surface area contributed by atoms with Crippen LogP contribution in [0, 0.1) is 6.92 Å². The molecule has 2 atom stereocenters. The van der Waals surface area contributed by atoms with Gasteiger partial charge in [-0.2, -0.15) is 0 Å². The van der Waals surface area contributed by atoms with Crippen LogP contribution < -0.4 is 0 Å². The summed E-state index contributed by atoms with van der Waals surface area (Å²) in [5, 5.41) is 18.7. The smallest absolute Gasteiger partial charge is 0.326 e. The molecule has 1 unspecified atom stereocenters. The third-order valence-corrected chi connectivity index (χ3v) is 4.18. The summed E-state index contributed by atoms with van der Waals surface area (Å²) in [6.07, 6.45) is -0.703. The Morgan fingerprint density at radius 3 is 2.74 bits per heavy atom. The fourth-order valence-corrected chi connectivity index (χ4v) is 2.63. The molecule has 5 nitrogen and oxygen atoms in total. The number of aliphatic hydroxyl groups is 1.